The van der Waals surface area contributed by atoms with Crippen LogP contribution in [0.5, 0.6) is 0 Å². The van der Waals surface area contributed by atoms with Gasteiger partial charge >= 0.3 is 0 Å². The highest BCUT2D eigenvalue weighted by molar-refractivity contribution is 4.74. The normalized spacial score (nSPS) is 21.7. The molecule has 1 heterocycles. The van der Waals surface area contributed by atoms with E-state index in [1.807, 2.05) is 0 Å². The lowest BCUT2D eigenvalue weighted by atomic mass is 9.97. The molecule has 108 valence electrons. The van der Waals surface area contributed by atoms with E-state index in [0.717, 1.165) is 25.0 Å². The van der Waals surface area contributed by atoms with E-state index in [-0.39, 0.29) is 0 Å². The van der Waals surface area contributed by atoms with Gasteiger partial charge in [-0.25, -0.2) is 0 Å². The number of unbranched alkanes of at least 4 members (excludes halogenated alkanes) is 1. The minimum Gasteiger partial charge on any atom is -0.385 e. The zero-order valence-electron chi connectivity index (χ0n) is 12.6. The molecule has 0 amide bonds. The Hall–Kier alpha value is -0.120. The van der Waals surface area contributed by atoms with Crippen molar-refractivity contribution < 1.29 is 4.74 Å². The van der Waals surface area contributed by atoms with Crippen LogP contribution >= 0.6 is 0 Å². The fraction of sp³-hybridized carbons (Fsp3) is 1.00. The molecule has 1 unspecified atom stereocenters. The third-order valence-corrected chi connectivity index (χ3v) is 3.66. The first-order chi connectivity index (χ1) is 8.72. The molecule has 0 bridgehead atoms. The minimum atomic E-state index is 0.763. The van der Waals surface area contributed by atoms with E-state index in [0.29, 0.717) is 0 Å². The molecule has 0 aliphatic carbocycles. The molecule has 1 aliphatic rings. The smallest absolute Gasteiger partial charge is 0.0462 e. The van der Waals surface area contributed by atoms with Crippen molar-refractivity contribution in [3.05, 3.63) is 0 Å². The van der Waals surface area contributed by atoms with Crippen molar-refractivity contribution in [2.45, 2.75) is 39.5 Å². The third-order valence-electron chi connectivity index (χ3n) is 3.66. The second-order valence-electron chi connectivity index (χ2n) is 6.06. The van der Waals surface area contributed by atoms with Crippen molar-refractivity contribution in [1.29, 1.82) is 0 Å². The number of piperidine rings is 1. The van der Waals surface area contributed by atoms with E-state index < -0.39 is 0 Å². The number of hydrogen-bond acceptors (Lipinski definition) is 3. The number of rotatable bonds is 9. The molecule has 0 aromatic rings. The fourth-order valence-electron chi connectivity index (χ4n) is 2.68. The summed E-state index contributed by atoms with van der Waals surface area (Å²) in [6.07, 6.45) is 5.25. The van der Waals surface area contributed by atoms with Gasteiger partial charge in [-0.2, -0.15) is 0 Å². The van der Waals surface area contributed by atoms with Gasteiger partial charge < -0.3 is 15.0 Å². The molecule has 1 atom stereocenters. The summed E-state index contributed by atoms with van der Waals surface area (Å²) in [7, 11) is 1.79. The second-order valence-corrected chi connectivity index (χ2v) is 6.06. The maximum absolute atomic E-state index is 5.10. The number of hydrogen-bond donors (Lipinski definition) is 1. The quantitative estimate of drug-likeness (QED) is 0.641. The van der Waals surface area contributed by atoms with Gasteiger partial charge in [-0.05, 0) is 63.7 Å². The van der Waals surface area contributed by atoms with Crippen LogP contribution in [0.2, 0.25) is 0 Å². The lowest BCUT2D eigenvalue weighted by Gasteiger charge is -2.33. The van der Waals surface area contributed by atoms with Gasteiger partial charge in [-0.15, -0.1) is 0 Å². The van der Waals surface area contributed by atoms with Crippen LogP contribution < -0.4 is 5.32 Å². The topological polar surface area (TPSA) is 24.5 Å². The molecule has 18 heavy (non-hydrogen) atoms. The van der Waals surface area contributed by atoms with Crippen LogP contribution in [-0.4, -0.2) is 51.3 Å². The van der Waals surface area contributed by atoms with Crippen molar-refractivity contribution in [3.63, 3.8) is 0 Å². The van der Waals surface area contributed by atoms with Gasteiger partial charge in [0.05, 0.1) is 0 Å². The Labute approximate surface area is 113 Å². The molecule has 0 spiro atoms. The van der Waals surface area contributed by atoms with E-state index in [2.05, 4.69) is 24.1 Å². The molecule has 1 aliphatic heterocycles. The third kappa shape index (κ3) is 7.34. The van der Waals surface area contributed by atoms with Crippen LogP contribution in [-0.2, 0) is 4.74 Å². The first-order valence-corrected chi connectivity index (χ1v) is 7.64. The van der Waals surface area contributed by atoms with Crippen molar-refractivity contribution in [2.75, 3.05) is 46.4 Å². The highest BCUT2D eigenvalue weighted by Gasteiger charge is 2.18. The first kappa shape index (κ1) is 15.9. The Balaban J connectivity index is 2.08. The lowest BCUT2D eigenvalue weighted by molar-refractivity contribution is 0.155. The molecule has 3 heteroatoms. The van der Waals surface area contributed by atoms with E-state index in [4.69, 9.17) is 4.74 Å². The van der Waals surface area contributed by atoms with Crippen LogP contribution in [0.15, 0.2) is 0 Å². The van der Waals surface area contributed by atoms with Crippen molar-refractivity contribution >= 4 is 0 Å². The summed E-state index contributed by atoms with van der Waals surface area (Å²) in [5.41, 5.74) is 0. The zero-order valence-corrected chi connectivity index (χ0v) is 12.6. The molecule has 0 aromatic heterocycles. The second kappa shape index (κ2) is 9.76. The number of nitrogens with one attached hydrogen (secondary N) is 1. The molecule has 3 nitrogen and oxygen atoms in total. The minimum absolute atomic E-state index is 0.763. The summed E-state index contributed by atoms with van der Waals surface area (Å²) < 4.78 is 5.10. The average molecular weight is 256 g/mol. The first-order valence-electron chi connectivity index (χ1n) is 7.64. The summed E-state index contributed by atoms with van der Waals surface area (Å²) in [6, 6.07) is 0. The van der Waals surface area contributed by atoms with Gasteiger partial charge in [0.25, 0.3) is 0 Å². The molecule has 1 rings (SSSR count). The fourth-order valence-corrected chi connectivity index (χ4v) is 2.68. The Bertz CT molecular complexity index is 197. The average Bonchev–Trinajstić information content (AvgIpc) is 2.35. The van der Waals surface area contributed by atoms with Gasteiger partial charge in [0.15, 0.2) is 0 Å². The Kier molecular flexibility index (Phi) is 8.64. The van der Waals surface area contributed by atoms with E-state index in [1.165, 1.54) is 51.9 Å². The number of likely N-dealkylation sites (tertiary alicyclic amines) is 1. The zero-order chi connectivity index (χ0) is 13.2. The van der Waals surface area contributed by atoms with Gasteiger partial charge in [-0.1, -0.05) is 13.8 Å². The highest BCUT2D eigenvalue weighted by atomic mass is 16.5. The predicted molar refractivity (Wildman–Crippen MR) is 78.0 cm³/mol. The monoisotopic (exact) mass is 256 g/mol. The molecule has 0 saturated carbocycles. The van der Waals surface area contributed by atoms with Crippen molar-refractivity contribution in [1.82, 2.24) is 10.2 Å². The standard InChI is InChI=1S/C15H32N2O/c1-14(2)11-16-12-15-7-6-9-17(13-15)8-4-5-10-18-3/h14-16H,4-13H2,1-3H3. The maximum atomic E-state index is 5.10. The van der Waals surface area contributed by atoms with Crippen molar-refractivity contribution in [3.8, 4) is 0 Å². The van der Waals surface area contributed by atoms with E-state index >= 15 is 0 Å². The summed E-state index contributed by atoms with van der Waals surface area (Å²) >= 11 is 0. The summed E-state index contributed by atoms with van der Waals surface area (Å²) in [4.78, 5) is 2.64. The molecule has 1 fully saturated rings. The van der Waals surface area contributed by atoms with Gasteiger partial charge in [0, 0.05) is 20.3 Å². The molecule has 1 saturated heterocycles. The molecule has 0 radical (unpaired) electrons. The van der Waals surface area contributed by atoms with Gasteiger partial charge in [-0.3, -0.25) is 0 Å². The molecule has 1 N–H and O–H groups in total. The number of nitrogens with zero attached hydrogens (tertiary/aromatic N) is 1. The summed E-state index contributed by atoms with van der Waals surface area (Å²) in [5.74, 6) is 1.62. The predicted octanol–water partition coefficient (Wildman–Crippen LogP) is 2.37. The van der Waals surface area contributed by atoms with Crippen molar-refractivity contribution in [2.24, 2.45) is 11.8 Å². The maximum Gasteiger partial charge on any atom is 0.0462 e. The van der Waals surface area contributed by atoms with E-state index in [9.17, 15) is 0 Å². The van der Waals surface area contributed by atoms with Gasteiger partial charge in [0.1, 0.15) is 0 Å². The summed E-state index contributed by atoms with van der Waals surface area (Å²) in [6.45, 7) is 11.7. The van der Waals surface area contributed by atoms with Crippen LogP contribution in [0.4, 0.5) is 0 Å². The lowest BCUT2D eigenvalue weighted by Crippen LogP contribution is -2.40. The molecular formula is C15H32N2O. The van der Waals surface area contributed by atoms with E-state index in [1.54, 1.807) is 7.11 Å². The SMILES string of the molecule is COCCCCN1CCCC(CNCC(C)C)C1. The Morgan fingerprint density at radius 2 is 2.17 bits per heavy atom. The number of ether oxygens (including phenoxy) is 1. The Morgan fingerprint density at radius 3 is 2.89 bits per heavy atom. The molecule has 0 aromatic carbocycles. The largest absolute Gasteiger partial charge is 0.385 e. The van der Waals surface area contributed by atoms with Crippen LogP contribution in [0.1, 0.15) is 39.5 Å². The molecular weight excluding hydrogens is 224 g/mol. The number of methoxy groups -OCH3 is 1. The summed E-state index contributed by atoms with van der Waals surface area (Å²) in [5, 5.41) is 3.60. The highest BCUT2D eigenvalue weighted by Crippen LogP contribution is 2.16. The Morgan fingerprint density at radius 1 is 1.33 bits per heavy atom. The van der Waals surface area contributed by atoms with Crippen LogP contribution in [0, 0.1) is 11.8 Å². The van der Waals surface area contributed by atoms with Crippen LogP contribution in [0.25, 0.3) is 0 Å². The van der Waals surface area contributed by atoms with Crippen LogP contribution in [0.3, 0.4) is 0 Å². The van der Waals surface area contributed by atoms with Gasteiger partial charge in [0.2, 0.25) is 0 Å².